The van der Waals surface area contributed by atoms with Crippen LogP contribution in [-0.4, -0.2) is 14.2 Å². The van der Waals surface area contributed by atoms with Crippen molar-refractivity contribution in [3.8, 4) is 0 Å². The number of hydrogen-bond acceptors (Lipinski definition) is 1. The van der Waals surface area contributed by atoms with Crippen LogP contribution in [-0.2, 0) is 10.9 Å². The first kappa shape index (κ1) is 13.7. The van der Waals surface area contributed by atoms with Crippen LogP contribution in [0, 0.1) is 0 Å². The molecular formula is C11H13F3O. The summed E-state index contributed by atoms with van der Waals surface area (Å²) in [7, 11) is 3.25. The van der Waals surface area contributed by atoms with Crippen molar-refractivity contribution in [2.75, 3.05) is 14.2 Å². The zero-order valence-electron chi connectivity index (χ0n) is 8.64. The summed E-state index contributed by atoms with van der Waals surface area (Å²) in [6, 6.07) is 4.85. The van der Waals surface area contributed by atoms with E-state index in [1.54, 1.807) is 14.2 Å². The summed E-state index contributed by atoms with van der Waals surface area (Å²) in [4.78, 5) is 0. The van der Waals surface area contributed by atoms with Gasteiger partial charge in [0.25, 0.3) is 0 Å². The lowest BCUT2D eigenvalue weighted by atomic mass is 10.1. The molecule has 1 aromatic rings. The van der Waals surface area contributed by atoms with E-state index in [1.165, 1.54) is 18.2 Å². The third-order valence-corrected chi connectivity index (χ3v) is 1.47. The number of rotatable bonds is 1. The van der Waals surface area contributed by atoms with E-state index >= 15 is 0 Å². The maximum atomic E-state index is 12.0. The van der Waals surface area contributed by atoms with Crippen LogP contribution in [0.3, 0.4) is 0 Å². The van der Waals surface area contributed by atoms with E-state index < -0.39 is 11.7 Å². The van der Waals surface area contributed by atoms with E-state index in [4.69, 9.17) is 0 Å². The van der Waals surface area contributed by atoms with Crippen LogP contribution in [0.5, 0.6) is 0 Å². The van der Waals surface area contributed by atoms with Crippen LogP contribution in [0.2, 0.25) is 0 Å². The van der Waals surface area contributed by atoms with Gasteiger partial charge in [-0.3, -0.25) is 0 Å². The Morgan fingerprint density at radius 1 is 1.13 bits per heavy atom. The first-order valence-electron chi connectivity index (χ1n) is 4.15. The van der Waals surface area contributed by atoms with Crippen LogP contribution >= 0.6 is 0 Å². The van der Waals surface area contributed by atoms with Gasteiger partial charge in [-0.1, -0.05) is 24.8 Å². The van der Waals surface area contributed by atoms with Gasteiger partial charge in [0.15, 0.2) is 0 Å². The Hall–Kier alpha value is -1.29. The van der Waals surface area contributed by atoms with Crippen molar-refractivity contribution in [3.05, 3.63) is 42.0 Å². The molecule has 0 aromatic heterocycles. The largest absolute Gasteiger partial charge is 0.416 e. The van der Waals surface area contributed by atoms with Crippen molar-refractivity contribution in [2.45, 2.75) is 6.18 Å². The molecule has 0 bridgehead atoms. The average Bonchev–Trinajstić information content (AvgIpc) is 2.18. The van der Waals surface area contributed by atoms with Crippen LogP contribution in [0.1, 0.15) is 11.1 Å². The molecule has 0 aliphatic carbocycles. The number of methoxy groups -OCH3 is 1. The third kappa shape index (κ3) is 5.22. The minimum Gasteiger partial charge on any atom is -0.388 e. The molecule has 4 heteroatoms. The van der Waals surface area contributed by atoms with Crippen LogP contribution < -0.4 is 0 Å². The molecule has 0 spiro atoms. The van der Waals surface area contributed by atoms with Crippen molar-refractivity contribution < 1.29 is 17.9 Å². The molecule has 0 unspecified atom stereocenters. The Balaban J connectivity index is 0.000000583. The van der Waals surface area contributed by atoms with Crippen molar-refractivity contribution in [1.82, 2.24) is 0 Å². The van der Waals surface area contributed by atoms with Crippen LogP contribution in [0.4, 0.5) is 13.2 Å². The molecule has 1 aromatic carbocycles. The van der Waals surface area contributed by atoms with E-state index in [1.807, 2.05) is 0 Å². The maximum absolute atomic E-state index is 12.0. The van der Waals surface area contributed by atoms with Gasteiger partial charge in [-0.2, -0.15) is 13.2 Å². The molecule has 0 aliphatic rings. The van der Waals surface area contributed by atoms with Crippen LogP contribution in [0.15, 0.2) is 30.8 Å². The van der Waals surface area contributed by atoms with Gasteiger partial charge in [0.1, 0.15) is 0 Å². The van der Waals surface area contributed by atoms with E-state index in [9.17, 15) is 13.2 Å². The van der Waals surface area contributed by atoms with Crippen molar-refractivity contribution in [3.63, 3.8) is 0 Å². The lowest BCUT2D eigenvalue weighted by Crippen LogP contribution is -2.03. The number of alkyl halides is 3. The molecule has 0 fully saturated rings. The standard InChI is InChI=1S/C9H7F3.C2H6O/c1-2-7-3-5-8(6-4-7)9(10,11)12;1-3-2/h2-6H,1H2;1-2H3. The SMILES string of the molecule is C=Cc1ccc(C(F)(F)F)cc1.COC. The van der Waals surface area contributed by atoms with Crippen LogP contribution in [0.25, 0.3) is 6.08 Å². The Kier molecular flexibility index (Phi) is 5.70. The molecule has 0 atom stereocenters. The fraction of sp³-hybridized carbons (Fsp3) is 0.273. The predicted molar refractivity (Wildman–Crippen MR) is 54.5 cm³/mol. The second-order valence-corrected chi connectivity index (χ2v) is 2.73. The van der Waals surface area contributed by atoms with Gasteiger partial charge in [-0.25, -0.2) is 0 Å². The number of halogens is 3. The molecule has 0 aliphatic heterocycles. The third-order valence-electron chi connectivity index (χ3n) is 1.47. The normalized spacial score (nSPS) is 10.2. The summed E-state index contributed by atoms with van der Waals surface area (Å²) in [6.45, 7) is 3.44. The number of hydrogen-bond donors (Lipinski definition) is 0. The highest BCUT2D eigenvalue weighted by Gasteiger charge is 2.29. The number of ether oxygens (including phenoxy) is 1. The highest BCUT2D eigenvalue weighted by molar-refractivity contribution is 5.47. The van der Waals surface area contributed by atoms with Gasteiger partial charge in [0, 0.05) is 14.2 Å². The first-order chi connectivity index (χ1) is 6.95. The molecule has 0 saturated heterocycles. The van der Waals surface area contributed by atoms with Crippen molar-refractivity contribution in [2.24, 2.45) is 0 Å². The molecule has 0 N–H and O–H groups in total. The van der Waals surface area contributed by atoms with E-state index in [0.29, 0.717) is 5.56 Å². The Labute approximate surface area is 87.2 Å². The highest BCUT2D eigenvalue weighted by atomic mass is 19.4. The monoisotopic (exact) mass is 218 g/mol. The smallest absolute Gasteiger partial charge is 0.388 e. The lowest BCUT2D eigenvalue weighted by molar-refractivity contribution is -0.137. The molecule has 0 amide bonds. The lowest BCUT2D eigenvalue weighted by Gasteiger charge is -2.05. The minimum absolute atomic E-state index is 0.631. The molecular weight excluding hydrogens is 205 g/mol. The Morgan fingerprint density at radius 3 is 1.80 bits per heavy atom. The topological polar surface area (TPSA) is 9.23 Å². The van der Waals surface area contributed by atoms with Gasteiger partial charge < -0.3 is 4.74 Å². The summed E-state index contributed by atoms with van der Waals surface area (Å²) in [5.74, 6) is 0. The van der Waals surface area contributed by atoms with Gasteiger partial charge in [-0.15, -0.1) is 0 Å². The molecule has 1 nitrogen and oxygen atoms in total. The minimum atomic E-state index is -4.25. The number of benzene rings is 1. The highest BCUT2D eigenvalue weighted by Crippen LogP contribution is 2.29. The van der Waals surface area contributed by atoms with Gasteiger partial charge >= 0.3 is 6.18 Å². The average molecular weight is 218 g/mol. The fourth-order valence-electron chi connectivity index (χ4n) is 0.808. The first-order valence-corrected chi connectivity index (χ1v) is 4.15. The van der Waals surface area contributed by atoms with Gasteiger partial charge in [0.2, 0.25) is 0 Å². The molecule has 1 rings (SSSR count). The summed E-state index contributed by atoms with van der Waals surface area (Å²) >= 11 is 0. The van der Waals surface area contributed by atoms with Crippen molar-refractivity contribution >= 4 is 6.08 Å². The molecule has 15 heavy (non-hydrogen) atoms. The maximum Gasteiger partial charge on any atom is 0.416 e. The fourth-order valence-corrected chi connectivity index (χ4v) is 0.808. The van der Waals surface area contributed by atoms with Gasteiger partial charge in [-0.05, 0) is 17.7 Å². The van der Waals surface area contributed by atoms with E-state index in [-0.39, 0.29) is 0 Å². The molecule has 0 saturated carbocycles. The second kappa shape index (κ2) is 6.24. The molecule has 84 valence electrons. The van der Waals surface area contributed by atoms with Gasteiger partial charge in [0.05, 0.1) is 5.56 Å². The summed E-state index contributed by atoms with van der Waals surface area (Å²) < 4.78 is 40.2. The summed E-state index contributed by atoms with van der Waals surface area (Å²) in [5.41, 5.74) is 0.0519. The van der Waals surface area contributed by atoms with Crippen molar-refractivity contribution in [1.29, 1.82) is 0 Å². The molecule has 0 radical (unpaired) electrons. The van der Waals surface area contributed by atoms with E-state index in [2.05, 4.69) is 11.3 Å². The quantitative estimate of drug-likeness (QED) is 0.699. The molecule has 0 heterocycles. The zero-order chi connectivity index (χ0) is 11.9. The Morgan fingerprint density at radius 2 is 1.53 bits per heavy atom. The summed E-state index contributed by atoms with van der Waals surface area (Å²) in [5, 5.41) is 0. The second-order valence-electron chi connectivity index (χ2n) is 2.73. The van der Waals surface area contributed by atoms with E-state index in [0.717, 1.165) is 12.1 Å². The summed E-state index contributed by atoms with van der Waals surface area (Å²) in [6.07, 6.45) is -2.75. The zero-order valence-corrected chi connectivity index (χ0v) is 8.64. The Bertz CT molecular complexity index is 288. The predicted octanol–water partition coefficient (Wildman–Crippen LogP) is 3.61.